The van der Waals surface area contributed by atoms with Gasteiger partial charge in [0.25, 0.3) is 23.4 Å². The topological polar surface area (TPSA) is 148 Å². The zero-order valence-electron chi connectivity index (χ0n) is 21.0. The van der Waals surface area contributed by atoms with E-state index >= 15 is 0 Å². The summed E-state index contributed by atoms with van der Waals surface area (Å²) >= 11 is 12.7. The quantitative estimate of drug-likeness (QED) is 0.168. The maximum Gasteiger partial charge on any atom is 0.335 e. The Morgan fingerprint density at radius 1 is 1.07 bits per heavy atom. The number of carbonyl (C=O) groups is 4. The van der Waals surface area contributed by atoms with E-state index in [-0.39, 0.29) is 32.7 Å². The Hall–Kier alpha value is -4.74. The molecule has 204 valence electrons. The van der Waals surface area contributed by atoms with E-state index in [1.54, 1.807) is 0 Å². The molecule has 1 saturated heterocycles. The molecule has 1 aliphatic rings. The lowest BCUT2D eigenvalue weighted by molar-refractivity contribution is -0.384. The number of non-ortho nitro benzene ring substituents is 1. The molecule has 0 aliphatic carbocycles. The zero-order valence-corrected chi connectivity index (χ0v) is 22.5. The number of hydrogen-bond acceptors (Lipinski definition) is 7. The van der Waals surface area contributed by atoms with E-state index in [2.05, 4.69) is 5.32 Å². The van der Waals surface area contributed by atoms with Gasteiger partial charge in [-0.2, -0.15) is 0 Å². The van der Waals surface area contributed by atoms with E-state index < -0.39 is 40.9 Å². The van der Waals surface area contributed by atoms with Gasteiger partial charge in [-0.1, -0.05) is 41.4 Å². The first-order valence-corrected chi connectivity index (χ1v) is 12.3. The van der Waals surface area contributed by atoms with Crippen LogP contribution in [0.2, 0.25) is 10.0 Å². The third kappa shape index (κ3) is 6.11. The summed E-state index contributed by atoms with van der Waals surface area (Å²) in [5, 5.41) is 15.9. The van der Waals surface area contributed by atoms with Gasteiger partial charge in [0.15, 0.2) is 12.4 Å². The standard InChI is InChI=1S/C27H20Cl2N4O7/c1-14-6-7-15(2)22(8-14)30-23(34)13-40-24-20(28)10-16(11-21(24)29)9-19-25(35)31-27(37)32(26(19)36)17-4-3-5-18(12-17)33(38)39/h3-12H,13H2,1-2H3,(H,30,34)(H,31,35,37)/b19-9-. The van der Waals surface area contributed by atoms with Gasteiger partial charge < -0.3 is 10.1 Å². The number of aryl methyl sites for hydroxylation is 2. The number of nitro benzene ring substituents is 1. The highest BCUT2D eigenvalue weighted by molar-refractivity contribution is 6.40. The van der Waals surface area contributed by atoms with Crippen molar-refractivity contribution in [2.45, 2.75) is 13.8 Å². The van der Waals surface area contributed by atoms with Crippen LogP contribution in [0.5, 0.6) is 5.75 Å². The second-order valence-electron chi connectivity index (χ2n) is 8.70. The molecule has 4 rings (SSSR count). The summed E-state index contributed by atoms with van der Waals surface area (Å²) in [7, 11) is 0. The van der Waals surface area contributed by atoms with Crippen LogP contribution in [0.25, 0.3) is 6.08 Å². The van der Waals surface area contributed by atoms with Gasteiger partial charge in [0.1, 0.15) is 5.57 Å². The van der Waals surface area contributed by atoms with Crippen LogP contribution in [-0.2, 0) is 14.4 Å². The Bertz CT molecular complexity index is 1600. The van der Waals surface area contributed by atoms with E-state index in [0.717, 1.165) is 23.3 Å². The first kappa shape index (κ1) is 28.3. The lowest BCUT2D eigenvalue weighted by Gasteiger charge is -2.26. The van der Waals surface area contributed by atoms with Crippen LogP contribution in [0.3, 0.4) is 0 Å². The fourth-order valence-corrected chi connectivity index (χ4v) is 4.41. The van der Waals surface area contributed by atoms with Gasteiger partial charge >= 0.3 is 6.03 Å². The van der Waals surface area contributed by atoms with Crippen molar-refractivity contribution in [3.63, 3.8) is 0 Å². The molecular formula is C27H20Cl2N4O7. The Morgan fingerprint density at radius 2 is 1.77 bits per heavy atom. The predicted molar refractivity (Wildman–Crippen MR) is 149 cm³/mol. The van der Waals surface area contributed by atoms with Gasteiger partial charge in [-0.15, -0.1) is 0 Å². The number of imide groups is 2. The molecule has 0 spiro atoms. The molecule has 0 radical (unpaired) electrons. The van der Waals surface area contributed by atoms with Crippen LogP contribution in [0.4, 0.5) is 21.9 Å². The van der Waals surface area contributed by atoms with Crippen molar-refractivity contribution in [1.82, 2.24) is 5.32 Å². The number of nitrogens with one attached hydrogen (secondary N) is 2. The molecule has 11 nitrogen and oxygen atoms in total. The van der Waals surface area contributed by atoms with Crippen molar-refractivity contribution >= 4 is 70.1 Å². The first-order chi connectivity index (χ1) is 18.9. The number of nitro groups is 1. The Labute approximate surface area is 237 Å². The number of halogens is 2. The smallest absolute Gasteiger partial charge is 0.335 e. The monoisotopic (exact) mass is 582 g/mol. The minimum atomic E-state index is -1.06. The molecule has 0 atom stereocenters. The number of carbonyl (C=O) groups excluding carboxylic acids is 4. The number of ether oxygens (including phenoxy) is 1. The lowest BCUT2D eigenvalue weighted by Crippen LogP contribution is -2.54. The molecule has 40 heavy (non-hydrogen) atoms. The van der Waals surface area contributed by atoms with Crippen LogP contribution in [0.1, 0.15) is 16.7 Å². The maximum atomic E-state index is 13.1. The molecule has 0 bridgehead atoms. The molecule has 3 aromatic rings. The highest BCUT2D eigenvalue weighted by atomic mass is 35.5. The van der Waals surface area contributed by atoms with Crippen LogP contribution in [0.15, 0.2) is 60.2 Å². The van der Waals surface area contributed by atoms with Gasteiger partial charge in [-0.05, 0) is 60.9 Å². The Morgan fingerprint density at radius 3 is 2.45 bits per heavy atom. The number of amides is 5. The number of urea groups is 1. The van der Waals surface area contributed by atoms with E-state index in [1.165, 1.54) is 30.3 Å². The molecule has 0 aromatic heterocycles. The highest BCUT2D eigenvalue weighted by Crippen LogP contribution is 2.35. The fraction of sp³-hybridized carbons (Fsp3) is 0.111. The molecule has 2 N–H and O–H groups in total. The maximum absolute atomic E-state index is 13.1. The summed E-state index contributed by atoms with van der Waals surface area (Å²) in [6.07, 6.45) is 1.16. The molecule has 0 saturated carbocycles. The second-order valence-corrected chi connectivity index (χ2v) is 9.52. The Balaban J connectivity index is 1.54. The number of nitrogens with zero attached hydrogens (tertiary/aromatic N) is 2. The molecule has 3 aromatic carbocycles. The zero-order chi connectivity index (χ0) is 29.1. The molecule has 5 amide bonds. The largest absolute Gasteiger partial charge is 0.481 e. The van der Waals surface area contributed by atoms with Gasteiger partial charge in [0, 0.05) is 17.8 Å². The van der Waals surface area contributed by atoms with Gasteiger partial charge in [-0.3, -0.25) is 29.8 Å². The summed E-state index contributed by atoms with van der Waals surface area (Å²) < 4.78 is 5.53. The van der Waals surface area contributed by atoms with Crippen molar-refractivity contribution in [3.8, 4) is 5.75 Å². The summed E-state index contributed by atoms with van der Waals surface area (Å²) in [6, 6.07) is 12.1. The number of anilines is 2. The van der Waals surface area contributed by atoms with Crippen molar-refractivity contribution in [1.29, 1.82) is 0 Å². The van der Waals surface area contributed by atoms with E-state index in [4.69, 9.17) is 27.9 Å². The molecule has 13 heteroatoms. The summed E-state index contributed by atoms with van der Waals surface area (Å²) in [5.41, 5.74) is 1.81. The van der Waals surface area contributed by atoms with Crippen LogP contribution < -0.4 is 20.3 Å². The minimum Gasteiger partial charge on any atom is -0.481 e. The summed E-state index contributed by atoms with van der Waals surface area (Å²) in [5.74, 6) is -2.42. The van der Waals surface area contributed by atoms with Crippen molar-refractivity contribution in [3.05, 3.63) is 97.0 Å². The lowest BCUT2D eigenvalue weighted by atomic mass is 10.1. The van der Waals surface area contributed by atoms with Crippen molar-refractivity contribution in [2.24, 2.45) is 0 Å². The first-order valence-electron chi connectivity index (χ1n) is 11.6. The van der Waals surface area contributed by atoms with Crippen LogP contribution >= 0.6 is 23.2 Å². The average molecular weight is 583 g/mol. The van der Waals surface area contributed by atoms with Crippen molar-refractivity contribution < 1.29 is 28.8 Å². The predicted octanol–water partition coefficient (Wildman–Crippen LogP) is 5.20. The third-order valence-corrected chi connectivity index (χ3v) is 6.31. The highest BCUT2D eigenvalue weighted by Gasteiger charge is 2.37. The molecule has 1 fully saturated rings. The van der Waals surface area contributed by atoms with Crippen LogP contribution in [0, 0.1) is 24.0 Å². The van der Waals surface area contributed by atoms with E-state index in [0.29, 0.717) is 10.6 Å². The molecule has 1 heterocycles. The summed E-state index contributed by atoms with van der Waals surface area (Å²) in [6.45, 7) is 3.36. The number of hydrogen-bond donors (Lipinski definition) is 2. The fourth-order valence-electron chi connectivity index (χ4n) is 3.80. The number of benzene rings is 3. The Kier molecular flexibility index (Phi) is 8.17. The van der Waals surface area contributed by atoms with Gasteiger partial charge in [-0.25, -0.2) is 9.69 Å². The van der Waals surface area contributed by atoms with Crippen LogP contribution in [-0.4, -0.2) is 35.3 Å². The van der Waals surface area contributed by atoms with Gasteiger partial charge in [0.2, 0.25) is 0 Å². The number of barbiturate groups is 1. The minimum absolute atomic E-state index is 0.00540. The van der Waals surface area contributed by atoms with E-state index in [1.807, 2.05) is 37.4 Å². The van der Waals surface area contributed by atoms with Gasteiger partial charge in [0.05, 0.1) is 20.7 Å². The normalized spacial score (nSPS) is 14.2. The molecule has 0 unspecified atom stereocenters. The van der Waals surface area contributed by atoms with Crippen molar-refractivity contribution in [2.75, 3.05) is 16.8 Å². The van der Waals surface area contributed by atoms with E-state index in [9.17, 15) is 29.3 Å². The summed E-state index contributed by atoms with van der Waals surface area (Å²) in [4.78, 5) is 61.5. The molecular weight excluding hydrogens is 563 g/mol. The second kappa shape index (κ2) is 11.6. The average Bonchev–Trinajstić information content (AvgIpc) is 2.88. The number of rotatable bonds is 7. The molecule has 1 aliphatic heterocycles. The SMILES string of the molecule is Cc1ccc(C)c(NC(=O)COc2c(Cl)cc(/C=C3/C(=O)NC(=O)N(c4cccc([N+](=O)[O-])c4)C3=O)cc2Cl)c1. The third-order valence-electron chi connectivity index (χ3n) is 5.75.